The summed E-state index contributed by atoms with van der Waals surface area (Å²) in [5.74, 6) is 0.475. The minimum atomic E-state index is 0.322. The maximum atomic E-state index is 9.05. The number of rotatable bonds is 3. The molecule has 1 atom stereocenters. The van der Waals surface area contributed by atoms with Crippen LogP contribution in [-0.4, -0.2) is 34.7 Å². The predicted octanol–water partition coefficient (Wildman–Crippen LogP) is 1.20. The van der Waals surface area contributed by atoms with E-state index in [0.29, 0.717) is 12.5 Å². The molecule has 0 aliphatic carbocycles. The maximum absolute atomic E-state index is 9.05. The Morgan fingerprint density at radius 1 is 1.53 bits per heavy atom. The van der Waals surface area contributed by atoms with E-state index in [9.17, 15) is 0 Å². The fourth-order valence-corrected chi connectivity index (χ4v) is 2.06. The maximum Gasteiger partial charge on any atom is 0.0471 e. The summed E-state index contributed by atoms with van der Waals surface area (Å²) in [6.07, 6.45) is 3.07. The quantitative estimate of drug-likeness (QED) is 0.807. The van der Waals surface area contributed by atoms with Gasteiger partial charge in [-0.3, -0.25) is 9.88 Å². The molecule has 1 N–H and O–H groups in total. The fraction of sp³-hybridized carbons (Fsp3) is 0.583. The number of hydrogen-bond acceptors (Lipinski definition) is 3. The summed E-state index contributed by atoms with van der Waals surface area (Å²) in [7, 11) is 0. The van der Waals surface area contributed by atoms with Gasteiger partial charge in [0.25, 0.3) is 0 Å². The van der Waals surface area contributed by atoms with Crippen LogP contribution in [-0.2, 0) is 6.54 Å². The van der Waals surface area contributed by atoms with Crippen LogP contribution in [0.3, 0.4) is 0 Å². The van der Waals surface area contributed by atoms with Gasteiger partial charge in [-0.2, -0.15) is 0 Å². The number of aliphatic hydroxyl groups excluding tert-OH is 1. The van der Waals surface area contributed by atoms with Crippen molar-refractivity contribution in [3.05, 3.63) is 29.6 Å². The molecule has 1 aliphatic heterocycles. The summed E-state index contributed by atoms with van der Waals surface area (Å²) in [5, 5.41) is 9.05. The van der Waals surface area contributed by atoms with E-state index in [1.165, 1.54) is 5.56 Å². The highest BCUT2D eigenvalue weighted by Crippen LogP contribution is 2.17. The monoisotopic (exact) mass is 206 g/mol. The predicted molar refractivity (Wildman–Crippen MR) is 59.4 cm³/mol. The van der Waals surface area contributed by atoms with Crippen LogP contribution in [0.2, 0.25) is 0 Å². The molecule has 0 radical (unpaired) electrons. The third-order valence-corrected chi connectivity index (χ3v) is 3.01. The molecule has 0 bridgehead atoms. The van der Waals surface area contributed by atoms with Crippen molar-refractivity contribution in [1.82, 2.24) is 9.88 Å². The first-order valence-electron chi connectivity index (χ1n) is 5.52. The summed E-state index contributed by atoms with van der Waals surface area (Å²) in [6.45, 7) is 5.40. The first-order valence-corrected chi connectivity index (χ1v) is 5.52. The molecule has 2 heterocycles. The van der Waals surface area contributed by atoms with Crippen LogP contribution in [0.5, 0.6) is 0 Å². The minimum Gasteiger partial charge on any atom is -0.396 e. The van der Waals surface area contributed by atoms with E-state index in [1.807, 2.05) is 13.1 Å². The van der Waals surface area contributed by atoms with Crippen LogP contribution in [0.15, 0.2) is 18.3 Å². The number of aryl methyl sites for hydroxylation is 1. The summed E-state index contributed by atoms with van der Waals surface area (Å²) in [4.78, 5) is 6.67. The molecule has 2 rings (SSSR count). The molecule has 0 aromatic carbocycles. The first kappa shape index (κ1) is 10.6. The number of pyridine rings is 1. The highest BCUT2D eigenvalue weighted by Gasteiger charge is 2.21. The van der Waals surface area contributed by atoms with Gasteiger partial charge in [0, 0.05) is 31.6 Å². The molecule has 1 unspecified atom stereocenters. The first-order chi connectivity index (χ1) is 7.28. The summed E-state index contributed by atoms with van der Waals surface area (Å²) < 4.78 is 0. The van der Waals surface area contributed by atoms with Crippen LogP contribution >= 0.6 is 0 Å². The molecule has 0 saturated carbocycles. The molecular weight excluding hydrogens is 188 g/mol. The van der Waals surface area contributed by atoms with Gasteiger partial charge in [0.05, 0.1) is 0 Å². The third-order valence-electron chi connectivity index (χ3n) is 3.01. The van der Waals surface area contributed by atoms with Crippen molar-refractivity contribution in [1.29, 1.82) is 0 Å². The lowest BCUT2D eigenvalue weighted by atomic mass is 10.1. The van der Waals surface area contributed by atoms with Crippen LogP contribution in [0, 0.1) is 12.8 Å². The molecule has 1 aromatic rings. The Bertz CT molecular complexity index is 310. The van der Waals surface area contributed by atoms with Crippen molar-refractivity contribution in [2.24, 2.45) is 5.92 Å². The van der Waals surface area contributed by atoms with E-state index >= 15 is 0 Å². The molecule has 3 nitrogen and oxygen atoms in total. The van der Waals surface area contributed by atoms with Gasteiger partial charge in [0.2, 0.25) is 0 Å². The second kappa shape index (κ2) is 4.73. The molecule has 1 aliphatic rings. The second-order valence-electron chi connectivity index (χ2n) is 4.38. The highest BCUT2D eigenvalue weighted by atomic mass is 16.3. The van der Waals surface area contributed by atoms with E-state index in [1.54, 1.807) is 0 Å². The van der Waals surface area contributed by atoms with Crippen LogP contribution in [0.4, 0.5) is 0 Å². The van der Waals surface area contributed by atoms with Crippen molar-refractivity contribution in [2.45, 2.75) is 19.9 Å². The zero-order valence-electron chi connectivity index (χ0n) is 9.19. The Morgan fingerprint density at radius 2 is 2.40 bits per heavy atom. The molecule has 1 aromatic heterocycles. The zero-order valence-corrected chi connectivity index (χ0v) is 9.19. The van der Waals surface area contributed by atoms with E-state index in [0.717, 1.165) is 31.7 Å². The second-order valence-corrected chi connectivity index (χ2v) is 4.38. The average molecular weight is 206 g/mol. The average Bonchev–Trinajstić information content (AvgIpc) is 2.69. The lowest BCUT2D eigenvalue weighted by Crippen LogP contribution is -2.21. The van der Waals surface area contributed by atoms with Crippen molar-refractivity contribution >= 4 is 0 Å². The zero-order chi connectivity index (χ0) is 10.7. The lowest BCUT2D eigenvalue weighted by Gasteiger charge is -2.15. The molecule has 1 saturated heterocycles. The summed E-state index contributed by atoms with van der Waals surface area (Å²) in [6, 6.07) is 4.18. The van der Waals surface area contributed by atoms with Gasteiger partial charge >= 0.3 is 0 Å². The van der Waals surface area contributed by atoms with Crippen LogP contribution in [0.25, 0.3) is 0 Å². The Balaban J connectivity index is 1.90. The van der Waals surface area contributed by atoms with E-state index < -0.39 is 0 Å². The molecule has 3 heteroatoms. The highest BCUT2D eigenvalue weighted by molar-refractivity contribution is 5.13. The number of likely N-dealkylation sites (tertiary alicyclic amines) is 1. The van der Waals surface area contributed by atoms with Gasteiger partial charge in [-0.05, 0) is 37.4 Å². The Morgan fingerprint density at radius 3 is 3.00 bits per heavy atom. The molecule has 82 valence electrons. The molecule has 1 fully saturated rings. The molecular formula is C12H18N2O. The van der Waals surface area contributed by atoms with Crippen molar-refractivity contribution in [2.75, 3.05) is 19.7 Å². The number of aromatic nitrogens is 1. The van der Waals surface area contributed by atoms with Gasteiger partial charge in [-0.15, -0.1) is 0 Å². The molecule has 0 amide bonds. The molecule has 15 heavy (non-hydrogen) atoms. The van der Waals surface area contributed by atoms with Gasteiger partial charge in [-0.25, -0.2) is 0 Å². The number of nitrogens with zero attached hydrogens (tertiary/aromatic N) is 2. The van der Waals surface area contributed by atoms with Gasteiger partial charge < -0.3 is 5.11 Å². The van der Waals surface area contributed by atoms with E-state index in [2.05, 4.69) is 22.0 Å². The van der Waals surface area contributed by atoms with Gasteiger partial charge in [0.1, 0.15) is 0 Å². The van der Waals surface area contributed by atoms with E-state index in [-0.39, 0.29) is 0 Å². The minimum absolute atomic E-state index is 0.322. The number of aliphatic hydroxyl groups is 1. The number of hydrogen-bond donors (Lipinski definition) is 1. The Kier molecular flexibility index (Phi) is 3.34. The van der Waals surface area contributed by atoms with Crippen molar-refractivity contribution in [3.63, 3.8) is 0 Å². The summed E-state index contributed by atoms with van der Waals surface area (Å²) in [5.41, 5.74) is 2.33. The Labute approximate surface area is 90.8 Å². The standard InChI is InChI=1S/C12H18N2O/c1-10-2-3-11(6-13-10)7-14-5-4-12(8-14)9-15/h2-3,6,12,15H,4-5,7-9H2,1H3. The lowest BCUT2D eigenvalue weighted by molar-refractivity contribution is 0.220. The topological polar surface area (TPSA) is 36.4 Å². The third kappa shape index (κ3) is 2.76. The summed E-state index contributed by atoms with van der Waals surface area (Å²) >= 11 is 0. The Hall–Kier alpha value is -0.930. The fourth-order valence-electron chi connectivity index (χ4n) is 2.06. The van der Waals surface area contributed by atoms with Gasteiger partial charge in [0.15, 0.2) is 0 Å². The normalized spacial score (nSPS) is 22.1. The van der Waals surface area contributed by atoms with Crippen LogP contribution < -0.4 is 0 Å². The van der Waals surface area contributed by atoms with Crippen LogP contribution in [0.1, 0.15) is 17.7 Å². The molecule has 0 spiro atoms. The van der Waals surface area contributed by atoms with Crippen molar-refractivity contribution in [3.8, 4) is 0 Å². The van der Waals surface area contributed by atoms with Crippen molar-refractivity contribution < 1.29 is 5.11 Å². The SMILES string of the molecule is Cc1ccc(CN2CCC(CO)C2)cn1. The van der Waals surface area contributed by atoms with E-state index in [4.69, 9.17) is 5.11 Å². The van der Waals surface area contributed by atoms with Gasteiger partial charge in [-0.1, -0.05) is 6.07 Å². The largest absolute Gasteiger partial charge is 0.396 e. The smallest absolute Gasteiger partial charge is 0.0471 e.